The summed E-state index contributed by atoms with van der Waals surface area (Å²) in [4.78, 5) is 7.60. The van der Waals surface area contributed by atoms with Gasteiger partial charge in [0, 0.05) is 11.6 Å². The predicted octanol–water partition coefficient (Wildman–Crippen LogP) is 3.30. The van der Waals surface area contributed by atoms with Crippen LogP contribution in [0.5, 0.6) is 0 Å². The fourth-order valence-corrected chi connectivity index (χ4v) is 1.03. The Morgan fingerprint density at radius 2 is 2.14 bits per heavy atom. The Morgan fingerprint density at radius 1 is 1.50 bits per heavy atom. The molecule has 2 heteroatoms. The van der Waals surface area contributed by atoms with E-state index in [-0.39, 0.29) is 5.41 Å². The van der Waals surface area contributed by atoms with Crippen LogP contribution in [0.3, 0.4) is 0 Å². The summed E-state index contributed by atoms with van der Waals surface area (Å²) < 4.78 is 0. The number of aromatic amines is 1. The molecule has 0 saturated carbocycles. The van der Waals surface area contributed by atoms with Gasteiger partial charge in [0.2, 0.25) is 0 Å². The van der Waals surface area contributed by atoms with Crippen molar-refractivity contribution in [3.05, 3.63) is 35.9 Å². The maximum Gasteiger partial charge on any atom is 0.130 e. The van der Waals surface area contributed by atoms with Crippen LogP contribution in [-0.2, 0) is 5.41 Å². The lowest BCUT2D eigenvalue weighted by atomic mass is 9.93. The van der Waals surface area contributed by atoms with Crippen molar-refractivity contribution in [1.29, 1.82) is 0 Å². The second-order valence-electron chi connectivity index (χ2n) is 4.60. The molecule has 0 spiro atoms. The van der Waals surface area contributed by atoms with Gasteiger partial charge in [0.25, 0.3) is 0 Å². The van der Waals surface area contributed by atoms with E-state index in [4.69, 9.17) is 0 Å². The lowest BCUT2D eigenvalue weighted by molar-refractivity contribution is 0.572. The zero-order valence-electron chi connectivity index (χ0n) is 9.39. The molecule has 0 radical (unpaired) electrons. The number of imidazole rings is 1. The molecular weight excluding hydrogens is 172 g/mol. The van der Waals surface area contributed by atoms with E-state index >= 15 is 0 Å². The van der Waals surface area contributed by atoms with Crippen LogP contribution in [0.1, 0.15) is 39.2 Å². The molecule has 1 aromatic rings. The Bertz CT molecular complexity index is 351. The number of rotatable bonds is 2. The van der Waals surface area contributed by atoms with Crippen molar-refractivity contribution < 1.29 is 0 Å². The molecule has 0 atom stereocenters. The van der Waals surface area contributed by atoms with Crippen LogP contribution in [-0.4, -0.2) is 9.97 Å². The van der Waals surface area contributed by atoms with Crippen LogP contribution in [0, 0.1) is 0 Å². The molecule has 2 nitrogen and oxygen atoms in total. The molecule has 0 aliphatic carbocycles. The van der Waals surface area contributed by atoms with Crippen LogP contribution in [0.25, 0.3) is 6.08 Å². The van der Waals surface area contributed by atoms with Gasteiger partial charge in [0.15, 0.2) is 0 Å². The van der Waals surface area contributed by atoms with E-state index in [9.17, 15) is 0 Å². The third kappa shape index (κ3) is 2.87. The zero-order valence-corrected chi connectivity index (χ0v) is 9.39. The number of H-pyrrole nitrogens is 1. The van der Waals surface area contributed by atoms with Crippen molar-refractivity contribution in [2.24, 2.45) is 0 Å². The number of nitrogens with zero attached hydrogens (tertiary/aromatic N) is 1. The van der Waals surface area contributed by atoms with Crippen molar-refractivity contribution in [3.63, 3.8) is 0 Å². The fraction of sp³-hybridized carbons (Fsp3) is 0.417. The zero-order chi connectivity index (χ0) is 10.8. The van der Waals surface area contributed by atoms with Gasteiger partial charge in [-0.05, 0) is 13.0 Å². The van der Waals surface area contributed by atoms with Crippen molar-refractivity contribution in [2.45, 2.75) is 33.1 Å². The molecule has 1 N–H and O–H groups in total. The van der Waals surface area contributed by atoms with Crippen LogP contribution < -0.4 is 0 Å². The van der Waals surface area contributed by atoms with Crippen LogP contribution in [0.2, 0.25) is 0 Å². The van der Waals surface area contributed by atoms with Gasteiger partial charge in [-0.25, -0.2) is 4.98 Å². The minimum atomic E-state index is 0.103. The van der Waals surface area contributed by atoms with E-state index < -0.39 is 0 Å². The molecule has 1 aromatic heterocycles. The Morgan fingerprint density at radius 3 is 2.57 bits per heavy atom. The predicted molar refractivity (Wildman–Crippen MR) is 61.1 cm³/mol. The number of hydrogen-bond acceptors (Lipinski definition) is 1. The Hall–Kier alpha value is -1.31. The first-order valence-electron chi connectivity index (χ1n) is 4.79. The van der Waals surface area contributed by atoms with E-state index in [0.29, 0.717) is 0 Å². The van der Waals surface area contributed by atoms with E-state index in [1.54, 1.807) is 0 Å². The van der Waals surface area contributed by atoms with E-state index in [1.807, 2.05) is 25.3 Å². The standard InChI is InChI=1S/C12H18N2/c1-9(2)6-7-11-13-8-10(14-11)12(3,4)5/h6-8H,1H2,2-5H3,(H,13,14)/b7-6-. The molecule has 0 amide bonds. The number of aromatic nitrogens is 2. The topological polar surface area (TPSA) is 28.7 Å². The highest BCUT2D eigenvalue weighted by molar-refractivity contribution is 5.45. The molecule has 0 bridgehead atoms. The SMILES string of the molecule is C=C(C)/C=C\c1nc(C(C)(C)C)c[nH]1. The summed E-state index contributed by atoms with van der Waals surface area (Å²) in [5, 5.41) is 0. The molecule has 0 saturated heterocycles. The highest BCUT2D eigenvalue weighted by Gasteiger charge is 2.16. The first-order valence-corrected chi connectivity index (χ1v) is 4.79. The fourth-order valence-electron chi connectivity index (χ4n) is 1.03. The monoisotopic (exact) mass is 190 g/mol. The normalized spacial score (nSPS) is 12.3. The quantitative estimate of drug-likeness (QED) is 0.712. The molecule has 0 fully saturated rings. The van der Waals surface area contributed by atoms with Crippen LogP contribution in [0.15, 0.2) is 24.4 Å². The molecular formula is C12H18N2. The van der Waals surface area contributed by atoms with Gasteiger partial charge >= 0.3 is 0 Å². The van der Waals surface area contributed by atoms with Crippen molar-refractivity contribution in [1.82, 2.24) is 9.97 Å². The van der Waals surface area contributed by atoms with E-state index in [1.165, 1.54) is 0 Å². The van der Waals surface area contributed by atoms with Crippen LogP contribution >= 0.6 is 0 Å². The van der Waals surface area contributed by atoms with E-state index in [0.717, 1.165) is 17.1 Å². The number of allylic oxidation sites excluding steroid dienone is 2. The summed E-state index contributed by atoms with van der Waals surface area (Å²) in [5.41, 5.74) is 2.21. The molecule has 1 rings (SSSR count). The molecule has 1 heterocycles. The Kier molecular flexibility index (Phi) is 2.94. The van der Waals surface area contributed by atoms with Crippen molar-refractivity contribution >= 4 is 6.08 Å². The highest BCUT2D eigenvalue weighted by atomic mass is 14.9. The largest absolute Gasteiger partial charge is 0.345 e. The Labute approximate surface area is 85.8 Å². The summed E-state index contributed by atoms with van der Waals surface area (Å²) in [5.74, 6) is 0.887. The highest BCUT2D eigenvalue weighted by Crippen LogP contribution is 2.19. The van der Waals surface area contributed by atoms with Gasteiger partial charge in [-0.15, -0.1) is 0 Å². The lowest BCUT2D eigenvalue weighted by Gasteiger charge is -2.13. The van der Waals surface area contributed by atoms with Gasteiger partial charge < -0.3 is 4.98 Å². The van der Waals surface area contributed by atoms with Crippen molar-refractivity contribution in [2.75, 3.05) is 0 Å². The second-order valence-corrected chi connectivity index (χ2v) is 4.60. The summed E-state index contributed by atoms with van der Waals surface area (Å²) in [6.45, 7) is 12.2. The summed E-state index contributed by atoms with van der Waals surface area (Å²) in [6, 6.07) is 0. The Balaban J connectivity index is 2.84. The molecule has 0 aliphatic heterocycles. The minimum absolute atomic E-state index is 0.103. The average Bonchev–Trinajstić information content (AvgIpc) is 2.47. The summed E-state index contributed by atoms with van der Waals surface area (Å²) in [7, 11) is 0. The summed E-state index contributed by atoms with van der Waals surface area (Å²) in [6.07, 6.45) is 5.85. The smallest absolute Gasteiger partial charge is 0.130 e. The molecule has 0 unspecified atom stereocenters. The molecule has 0 aromatic carbocycles. The van der Waals surface area contributed by atoms with Gasteiger partial charge in [0.1, 0.15) is 5.82 Å². The average molecular weight is 190 g/mol. The maximum absolute atomic E-state index is 4.47. The molecule has 14 heavy (non-hydrogen) atoms. The third-order valence-electron chi connectivity index (χ3n) is 1.89. The lowest BCUT2D eigenvalue weighted by Crippen LogP contribution is -2.11. The van der Waals surface area contributed by atoms with E-state index in [2.05, 4.69) is 37.3 Å². The minimum Gasteiger partial charge on any atom is -0.345 e. The number of nitrogens with one attached hydrogen (secondary N) is 1. The summed E-state index contributed by atoms with van der Waals surface area (Å²) >= 11 is 0. The van der Waals surface area contributed by atoms with Crippen molar-refractivity contribution in [3.8, 4) is 0 Å². The number of hydrogen-bond donors (Lipinski definition) is 1. The second kappa shape index (κ2) is 3.82. The van der Waals surface area contributed by atoms with Gasteiger partial charge in [-0.3, -0.25) is 0 Å². The van der Waals surface area contributed by atoms with Crippen LogP contribution in [0.4, 0.5) is 0 Å². The first kappa shape index (κ1) is 10.8. The molecule has 76 valence electrons. The third-order valence-corrected chi connectivity index (χ3v) is 1.89. The maximum atomic E-state index is 4.47. The molecule has 0 aliphatic rings. The van der Waals surface area contributed by atoms with Gasteiger partial charge in [-0.1, -0.05) is 39.0 Å². The van der Waals surface area contributed by atoms with Gasteiger partial charge in [-0.2, -0.15) is 0 Å². The van der Waals surface area contributed by atoms with Gasteiger partial charge in [0.05, 0.1) is 5.69 Å². The first-order chi connectivity index (χ1) is 6.39.